The van der Waals surface area contributed by atoms with Crippen LogP contribution in [0.2, 0.25) is 0 Å². The third-order valence-electron chi connectivity index (χ3n) is 6.40. The van der Waals surface area contributed by atoms with Gasteiger partial charge in [0.05, 0.1) is 7.11 Å². The summed E-state index contributed by atoms with van der Waals surface area (Å²) in [5.74, 6) is 0.663. The third kappa shape index (κ3) is 4.23. The Kier molecular flexibility index (Phi) is 6.23. The van der Waals surface area contributed by atoms with Gasteiger partial charge in [0, 0.05) is 29.8 Å². The number of rotatable bonds is 6. The average molecular weight is 443 g/mol. The maximum Gasteiger partial charge on any atom is 0.259 e. The molecule has 1 N–H and O–H groups in total. The minimum Gasteiger partial charge on any atom is -0.496 e. The predicted molar refractivity (Wildman–Crippen MR) is 131 cm³/mol. The number of hydrogen-bond acceptors (Lipinski definition) is 3. The van der Waals surface area contributed by atoms with Crippen molar-refractivity contribution in [2.24, 2.45) is 0 Å². The molecule has 0 aliphatic carbocycles. The molecular weight excluding hydrogens is 412 g/mol. The van der Waals surface area contributed by atoms with Crippen molar-refractivity contribution in [2.45, 2.75) is 45.2 Å². The molecule has 3 aromatic carbocycles. The van der Waals surface area contributed by atoms with Crippen LogP contribution in [0.1, 0.15) is 53.7 Å². The number of carbonyl (C=O) groups excluding carboxylic acids is 2. The minimum absolute atomic E-state index is 0.160. The van der Waals surface area contributed by atoms with E-state index in [2.05, 4.69) is 25.2 Å². The molecule has 0 saturated heterocycles. The number of ether oxygens (including phenoxy) is 1. The molecule has 0 bridgehead atoms. The lowest BCUT2D eigenvalue weighted by molar-refractivity contribution is -0.126. The number of methoxy groups -OCH3 is 1. The van der Waals surface area contributed by atoms with Gasteiger partial charge >= 0.3 is 0 Å². The number of carbonyl (C=O) groups is 2. The molecule has 0 saturated carbocycles. The smallest absolute Gasteiger partial charge is 0.259 e. The lowest BCUT2D eigenvalue weighted by Gasteiger charge is -2.44. The molecule has 4 rings (SSSR count). The summed E-state index contributed by atoms with van der Waals surface area (Å²) < 4.78 is 5.42. The van der Waals surface area contributed by atoms with E-state index in [9.17, 15) is 9.59 Å². The summed E-state index contributed by atoms with van der Waals surface area (Å²) in [6, 6.07) is 23.1. The normalized spacial score (nSPS) is 17.6. The first-order valence-corrected chi connectivity index (χ1v) is 11.3. The Bertz CT molecular complexity index is 1190. The zero-order chi connectivity index (χ0) is 23.6. The van der Waals surface area contributed by atoms with Gasteiger partial charge in [-0.1, -0.05) is 62.4 Å². The van der Waals surface area contributed by atoms with Crippen LogP contribution in [0.15, 0.2) is 72.8 Å². The molecule has 1 atom stereocenters. The van der Waals surface area contributed by atoms with Crippen LogP contribution in [0, 0.1) is 0 Å². The number of para-hydroxylation sites is 1. The quantitative estimate of drug-likeness (QED) is 0.578. The molecule has 5 nitrogen and oxygen atoms in total. The van der Waals surface area contributed by atoms with Gasteiger partial charge in [0.1, 0.15) is 11.3 Å². The molecule has 33 heavy (non-hydrogen) atoms. The number of nitrogens with zero attached hydrogens (tertiary/aromatic N) is 1. The zero-order valence-electron chi connectivity index (χ0n) is 19.6. The molecule has 0 radical (unpaired) electrons. The first-order chi connectivity index (χ1) is 15.8. The highest BCUT2D eigenvalue weighted by atomic mass is 16.5. The zero-order valence-corrected chi connectivity index (χ0v) is 19.6. The Morgan fingerprint density at radius 3 is 2.55 bits per heavy atom. The Morgan fingerprint density at radius 1 is 1.06 bits per heavy atom. The largest absolute Gasteiger partial charge is 0.496 e. The number of benzene rings is 3. The van der Waals surface area contributed by atoms with E-state index in [1.54, 1.807) is 12.0 Å². The van der Waals surface area contributed by atoms with Crippen LogP contribution in [-0.2, 0) is 17.8 Å². The van der Waals surface area contributed by atoms with Crippen molar-refractivity contribution in [3.63, 3.8) is 0 Å². The summed E-state index contributed by atoms with van der Waals surface area (Å²) in [7, 11) is 1.61. The van der Waals surface area contributed by atoms with Gasteiger partial charge in [-0.3, -0.25) is 14.5 Å². The standard InChI is InChI=1S/C28H30N2O3/c1-19(2)20-12-9-13-23(16-20)30-26(31)24-14-7-5-10-21(24)17-28(30,3)27(32)29-18-22-11-6-8-15-25(22)33-4/h5-16,19H,17-18H2,1-4H3,(H,29,32)/t28-/m0/s1. The van der Waals surface area contributed by atoms with E-state index in [-0.39, 0.29) is 11.8 Å². The van der Waals surface area contributed by atoms with Crippen molar-refractivity contribution in [2.75, 3.05) is 12.0 Å². The fraction of sp³-hybridized carbons (Fsp3) is 0.286. The molecule has 170 valence electrons. The first kappa shape index (κ1) is 22.6. The maximum atomic E-state index is 13.7. The fourth-order valence-corrected chi connectivity index (χ4v) is 4.50. The van der Waals surface area contributed by atoms with Crippen molar-refractivity contribution in [3.05, 3.63) is 95.1 Å². The topological polar surface area (TPSA) is 58.6 Å². The summed E-state index contributed by atoms with van der Waals surface area (Å²) in [6.45, 7) is 6.39. The van der Waals surface area contributed by atoms with E-state index in [0.717, 1.165) is 28.1 Å². The Balaban J connectivity index is 1.73. The van der Waals surface area contributed by atoms with E-state index >= 15 is 0 Å². The molecule has 3 aromatic rings. The number of hydrogen-bond donors (Lipinski definition) is 1. The monoisotopic (exact) mass is 442 g/mol. The van der Waals surface area contributed by atoms with Crippen LogP contribution in [0.3, 0.4) is 0 Å². The van der Waals surface area contributed by atoms with Gasteiger partial charge in [-0.25, -0.2) is 0 Å². The van der Waals surface area contributed by atoms with Crippen molar-refractivity contribution < 1.29 is 14.3 Å². The lowest BCUT2D eigenvalue weighted by atomic mass is 9.82. The second kappa shape index (κ2) is 9.10. The highest BCUT2D eigenvalue weighted by Gasteiger charge is 2.47. The summed E-state index contributed by atoms with van der Waals surface area (Å²) in [5.41, 5.74) is 3.18. The molecule has 5 heteroatoms. The van der Waals surface area contributed by atoms with Crippen molar-refractivity contribution in [1.29, 1.82) is 0 Å². The van der Waals surface area contributed by atoms with Crippen LogP contribution < -0.4 is 15.0 Å². The summed E-state index contributed by atoms with van der Waals surface area (Å²) in [5, 5.41) is 3.06. The van der Waals surface area contributed by atoms with E-state index < -0.39 is 5.54 Å². The second-order valence-corrected chi connectivity index (χ2v) is 8.99. The number of amides is 2. The molecule has 1 aliphatic heterocycles. The maximum absolute atomic E-state index is 13.7. The lowest BCUT2D eigenvalue weighted by Crippen LogP contribution is -2.63. The summed E-state index contributed by atoms with van der Waals surface area (Å²) in [4.78, 5) is 29.1. The molecule has 1 heterocycles. The van der Waals surface area contributed by atoms with Crippen LogP contribution in [-0.4, -0.2) is 24.5 Å². The molecule has 2 amide bonds. The van der Waals surface area contributed by atoms with E-state index in [0.29, 0.717) is 24.4 Å². The minimum atomic E-state index is -1.08. The van der Waals surface area contributed by atoms with Crippen molar-refractivity contribution >= 4 is 17.5 Å². The summed E-state index contributed by atoms with van der Waals surface area (Å²) in [6.07, 6.45) is 0.429. The highest BCUT2D eigenvalue weighted by Crippen LogP contribution is 2.36. The number of nitrogens with one attached hydrogen (secondary N) is 1. The fourth-order valence-electron chi connectivity index (χ4n) is 4.50. The molecule has 0 unspecified atom stereocenters. The van der Waals surface area contributed by atoms with E-state index in [1.807, 2.05) is 73.7 Å². The van der Waals surface area contributed by atoms with E-state index in [1.165, 1.54) is 0 Å². The third-order valence-corrected chi connectivity index (χ3v) is 6.40. The Morgan fingerprint density at radius 2 is 1.79 bits per heavy atom. The van der Waals surface area contributed by atoms with Gasteiger partial charge in [0.15, 0.2) is 0 Å². The number of fused-ring (bicyclic) bond motifs is 1. The van der Waals surface area contributed by atoms with Gasteiger partial charge in [0.25, 0.3) is 5.91 Å². The molecule has 1 aliphatic rings. The van der Waals surface area contributed by atoms with Crippen molar-refractivity contribution in [3.8, 4) is 5.75 Å². The van der Waals surface area contributed by atoms with E-state index in [4.69, 9.17) is 4.74 Å². The molecule has 0 fully saturated rings. The number of anilines is 1. The molecular formula is C28H30N2O3. The van der Waals surface area contributed by atoms with Gasteiger partial charge in [-0.2, -0.15) is 0 Å². The van der Waals surface area contributed by atoms with Gasteiger partial charge in [-0.15, -0.1) is 0 Å². The second-order valence-electron chi connectivity index (χ2n) is 8.99. The van der Waals surface area contributed by atoms with Gasteiger partial charge in [0.2, 0.25) is 5.91 Å². The van der Waals surface area contributed by atoms with Crippen LogP contribution >= 0.6 is 0 Å². The first-order valence-electron chi connectivity index (χ1n) is 11.3. The highest BCUT2D eigenvalue weighted by molar-refractivity contribution is 6.14. The summed E-state index contributed by atoms with van der Waals surface area (Å²) >= 11 is 0. The van der Waals surface area contributed by atoms with Crippen LogP contribution in [0.5, 0.6) is 5.75 Å². The van der Waals surface area contributed by atoms with Crippen LogP contribution in [0.4, 0.5) is 5.69 Å². The van der Waals surface area contributed by atoms with Gasteiger partial charge in [-0.05, 0) is 48.2 Å². The Labute approximate surface area is 195 Å². The predicted octanol–water partition coefficient (Wildman–Crippen LogP) is 5.10. The SMILES string of the molecule is COc1ccccc1CNC(=O)[C@]1(C)Cc2ccccc2C(=O)N1c1cccc(C(C)C)c1. The molecule has 0 aromatic heterocycles. The average Bonchev–Trinajstić information content (AvgIpc) is 2.82. The van der Waals surface area contributed by atoms with Gasteiger partial charge < -0.3 is 10.1 Å². The Hall–Kier alpha value is -3.60. The van der Waals surface area contributed by atoms with Crippen molar-refractivity contribution in [1.82, 2.24) is 5.32 Å². The van der Waals surface area contributed by atoms with Crippen LogP contribution in [0.25, 0.3) is 0 Å². The molecule has 0 spiro atoms.